The van der Waals surface area contributed by atoms with Crippen LogP contribution in [0.25, 0.3) is 22.7 Å². The number of sulfone groups is 1. The minimum atomic E-state index is -4.75. The van der Waals surface area contributed by atoms with Gasteiger partial charge < -0.3 is 4.42 Å². The van der Waals surface area contributed by atoms with Gasteiger partial charge in [-0.2, -0.15) is 13.2 Å². The summed E-state index contributed by atoms with van der Waals surface area (Å²) >= 11 is 0. The molecular formula is C16H13F3N2O4S2. The average Bonchev–Trinajstić information content (AvgIpc) is 3.03. The third kappa shape index (κ3) is 3.74. The van der Waals surface area contributed by atoms with Crippen molar-refractivity contribution in [3.05, 3.63) is 36.0 Å². The van der Waals surface area contributed by atoms with Gasteiger partial charge in [-0.15, -0.1) is 0 Å². The Morgan fingerprint density at radius 3 is 2.52 bits per heavy atom. The van der Waals surface area contributed by atoms with Crippen molar-refractivity contribution >= 4 is 31.7 Å². The lowest BCUT2D eigenvalue weighted by Crippen LogP contribution is -2.12. The van der Waals surface area contributed by atoms with Gasteiger partial charge in [0.05, 0.1) is 16.2 Å². The number of halogens is 3. The molecule has 1 unspecified atom stereocenters. The van der Waals surface area contributed by atoms with Crippen molar-refractivity contribution < 1.29 is 30.2 Å². The first-order valence-corrected chi connectivity index (χ1v) is 10.8. The van der Waals surface area contributed by atoms with E-state index >= 15 is 0 Å². The first kappa shape index (κ1) is 19.5. The highest BCUT2D eigenvalue weighted by Gasteiger charge is 2.34. The second-order valence-corrected chi connectivity index (χ2v) is 9.20. The normalized spacial score (nSPS) is 13.8. The molecule has 2 aromatic heterocycles. The van der Waals surface area contributed by atoms with Gasteiger partial charge in [0.25, 0.3) is 0 Å². The molecule has 2 heterocycles. The Morgan fingerprint density at radius 2 is 1.93 bits per heavy atom. The molecule has 6 nitrogen and oxygen atoms in total. The zero-order valence-electron chi connectivity index (χ0n) is 14.1. The minimum Gasteiger partial charge on any atom is -0.435 e. The highest BCUT2D eigenvalue weighted by atomic mass is 32.2. The van der Waals surface area contributed by atoms with Gasteiger partial charge in [0, 0.05) is 28.1 Å². The van der Waals surface area contributed by atoms with Crippen LogP contribution in [0.2, 0.25) is 0 Å². The van der Waals surface area contributed by atoms with E-state index in [9.17, 15) is 25.8 Å². The maximum absolute atomic E-state index is 13.0. The van der Waals surface area contributed by atoms with Crippen molar-refractivity contribution in [3.63, 3.8) is 0 Å². The molecule has 27 heavy (non-hydrogen) atoms. The van der Waals surface area contributed by atoms with Crippen molar-refractivity contribution in [1.29, 1.82) is 0 Å². The molecule has 0 saturated carbocycles. The second-order valence-electron chi connectivity index (χ2n) is 5.57. The van der Waals surface area contributed by atoms with Crippen LogP contribution in [0.5, 0.6) is 0 Å². The molecule has 1 aromatic carbocycles. The van der Waals surface area contributed by atoms with Crippen LogP contribution in [-0.2, 0) is 26.8 Å². The Morgan fingerprint density at radius 1 is 1.22 bits per heavy atom. The maximum Gasteiger partial charge on any atom is 0.417 e. The topological polar surface area (TPSA) is 90.1 Å². The Balaban J connectivity index is 2.24. The third-order valence-electron chi connectivity index (χ3n) is 3.79. The van der Waals surface area contributed by atoms with E-state index in [4.69, 9.17) is 4.42 Å². The Bertz CT molecular complexity index is 1150. The van der Waals surface area contributed by atoms with E-state index < -0.39 is 43.0 Å². The molecule has 0 radical (unpaired) electrons. The van der Waals surface area contributed by atoms with E-state index in [1.54, 1.807) is 6.07 Å². The standard InChI is InChI=1S/C16H13F3N2O4S2/c1-3-27(23,24)13-6-9(16(17,18)19)8-20-14(13)15-21-11-7-10(26(2)22)4-5-12(11)25-15/h4-8H,3H2,1-2H3. The predicted molar refractivity (Wildman–Crippen MR) is 92.3 cm³/mol. The van der Waals surface area contributed by atoms with Crippen LogP contribution >= 0.6 is 0 Å². The summed E-state index contributed by atoms with van der Waals surface area (Å²) in [6.45, 7) is 1.31. The molecule has 1 atom stereocenters. The fraction of sp³-hybridized carbons (Fsp3) is 0.250. The van der Waals surface area contributed by atoms with E-state index in [0.29, 0.717) is 22.7 Å². The first-order chi connectivity index (χ1) is 12.5. The fourth-order valence-electron chi connectivity index (χ4n) is 2.34. The molecular weight excluding hydrogens is 405 g/mol. The molecule has 3 rings (SSSR count). The van der Waals surface area contributed by atoms with E-state index in [2.05, 4.69) is 9.97 Å². The van der Waals surface area contributed by atoms with Crippen molar-refractivity contribution in [2.24, 2.45) is 0 Å². The zero-order chi connectivity index (χ0) is 20.0. The van der Waals surface area contributed by atoms with Gasteiger partial charge in [-0.1, -0.05) is 6.92 Å². The van der Waals surface area contributed by atoms with Gasteiger partial charge >= 0.3 is 6.18 Å². The van der Waals surface area contributed by atoms with E-state index in [1.165, 1.54) is 25.3 Å². The summed E-state index contributed by atoms with van der Waals surface area (Å²) in [6, 6.07) is 5.08. The lowest BCUT2D eigenvalue weighted by Gasteiger charge is -2.10. The highest BCUT2D eigenvalue weighted by Crippen LogP contribution is 2.35. The SMILES string of the molecule is CCS(=O)(=O)c1cc(C(F)(F)F)cnc1-c1nc2cc(S(C)=O)ccc2o1. The summed E-state index contributed by atoms with van der Waals surface area (Å²) < 4.78 is 80.6. The summed E-state index contributed by atoms with van der Waals surface area (Å²) in [5, 5.41) is 0. The molecule has 0 aliphatic carbocycles. The van der Waals surface area contributed by atoms with Gasteiger partial charge in [0.1, 0.15) is 11.2 Å². The van der Waals surface area contributed by atoms with Gasteiger partial charge in [0.2, 0.25) is 5.89 Å². The molecule has 144 valence electrons. The Kier molecular flexibility index (Phi) is 4.85. The van der Waals surface area contributed by atoms with E-state index in [-0.39, 0.29) is 17.2 Å². The quantitative estimate of drug-likeness (QED) is 0.645. The highest BCUT2D eigenvalue weighted by molar-refractivity contribution is 7.91. The van der Waals surface area contributed by atoms with Crippen molar-refractivity contribution in [1.82, 2.24) is 9.97 Å². The smallest absolute Gasteiger partial charge is 0.417 e. The van der Waals surface area contributed by atoms with Gasteiger partial charge in [0.15, 0.2) is 15.4 Å². The number of rotatable bonds is 4. The summed E-state index contributed by atoms with van der Waals surface area (Å²) in [5.74, 6) is -0.646. The van der Waals surface area contributed by atoms with Crippen LogP contribution in [0.4, 0.5) is 13.2 Å². The van der Waals surface area contributed by atoms with Crippen LogP contribution < -0.4 is 0 Å². The monoisotopic (exact) mass is 418 g/mol. The average molecular weight is 418 g/mol. The predicted octanol–water partition coefficient (Wildman–Crippen LogP) is 3.44. The second kappa shape index (κ2) is 6.71. The van der Waals surface area contributed by atoms with Crippen LogP contribution in [-0.4, -0.2) is 34.6 Å². The van der Waals surface area contributed by atoms with E-state index in [0.717, 1.165) is 0 Å². The summed E-state index contributed by atoms with van der Waals surface area (Å²) in [4.78, 5) is 7.65. The number of fused-ring (bicyclic) bond motifs is 1. The van der Waals surface area contributed by atoms with Crippen molar-refractivity contribution in [3.8, 4) is 11.6 Å². The largest absolute Gasteiger partial charge is 0.435 e. The van der Waals surface area contributed by atoms with Crippen molar-refractivity contribution in [2.75, 3.05) is 12.0 Å². The number of oxazole rings is 1. The fourth-order valence-corrected chi connectivity index (χ4v) is 3.93. The number of aromatic nitrogens is 2. The van der Waals surface area contributed by atoms with Crippen molar-refractivity contribution in [2.45, 2.75) is 22.9 Å². The molecule has 11 heteroatoms. The number of benzene rings is 1. The van der Waals surface area contributed by atoms with Crippen LogP contribution in [0.3, 0.4) is 0 Å². The first-order valence-electron chi connectivity index (χ1n) is 7.57. The summed E-state index contributed by atoms with van der Waals surface area (Å²) in [7, 11) is -5.30. The maximum atomic E-state index is 13.0. The molecule has 0 spiro atoms. The molecule has 0 aliphatic rings. The molecule has 0 saturated heterocycles. The molecule has 3 aromatic rings. The summed E-state index contributed by atoms with van der Waals surface area (Å²) in [5.41, 5.74) is -0.932. The van der Waals surface area contributed by atoms with Gasteiger partial charge in [-0.05, 0) is 24.3 Å². The van der Waals surface area contributed by atoms with Crippen LogP contribution in [0, 0.1) is 0 Å². The lowest BCUT2D eigenvalue weighted by atomic mass is 10.2. The lowest BCUT2D eigenvalue weighted by molar-refractivity contribution is -0.138. The van der Waals surface area contributed by atoms with Crippen LogP contribution in [0.15, 0.2) is 44.7 Å². The molecule has 0 aliphatic heterocycles. The Labute approximate surface area is 154 Å². The summed E-state index contributed by atoms with van der Waals surface area (Å²) in [6.07, 6.45) is -2.73. The molecule has 0 fully saturated rings. The number of nitrogens with zero attached hydrogens (tertiary/aromatic N) is 2. The van der Waals surface area contributed by atoms with Crippen LogP contribution in [0.1, 0.15) is 12.5 Å². The number of hydrogen-bond acceptors (Lipinski definition) is 6. The Hall–Kier alpha value is -2.27. The molecule has 0 amide bonds. The number of pyridine rings is 1. The van der Waals surface area contributed by atoms with Gasteiger partial charge in [-0.25, -0.2) is 18.4 Å². The number of hydrogen-bond donors (Lipinski definition) is 0. The van der Waals surface area contributed by atoms with Gasteiger partial charge in [-0.3, -0.25) is 4.21 Å². The molecule has 0 bridgehead atoms. The number of alkyl halides is 3. The molecule has 0 N–H and O–H groups in total. The zero-order valence-corrected chi connectivity index (χ0v) is 15.7. The minimum absolute atomic E-state index is 0.232. The third-order valence-corrected chi connectivity index (χ3v) is 6.45. The van der Waals surface area contributed by atoms with E-state index in [1.807, 2.05) is 0 Å².